The van der Waals surface area contributed by atoms with Crippen LogP contribution in [0.15, 0.2) is 21.9 Å². The van der Waals surface area contributed by atoms with Crippen molar-refractivity contribution < 1.29 is 55.6 Å². The largest absolute Gasteiger partial charge is 0.744 e. The third-order valence-electron chi connectivity index (χ3n) is 4.33. The second-order valence-electron chi connectivity index (χ2n) is 6.07. The predicted molar refractivity (Wildman–Crippen MR) is 92.3 cm³/mol. The SMILES string of the molecule is O=C1c2c([N+](=O)[O-])cc(S(=O)(=O)[O-])c(O)c2C(=O)c2c([N+](=O)[O-])cc(S(=O)(=O)[O-])c(O)c21. The van der Waals surface area contributed by atoms with Crippen molar-refractivity contribution in [3.05, 3.63) is 54.6 Å². The van der Waals surface area contributed by atoms with Gasteiger partial charge in [-0.25, -0.2) is 16.8 Å². The van der Waals surface area contributed by atoms with Crippen LogP contribution in [0.3, 0.4) is 0 Å². The molecule has 0 unspecified atom stereocenters. The molecule has 1 aliphatic carbocycles. The third kappa shape index (κ3) is 3.13. The first-order chi connectivity index (χ1) is 14.5. The van der Waals surface area contributed by atoms with Crippen molar-refractivity contribution in [2.24, 2.45) is 0 Å². The molecule has 3 rings (SSSR count). The summed E-state index contributed by atoms with van der Waals surface area (Å²) in [6.45, 7) is 0. The molecular formula is C14H4N2O14S2-2. The van der Waals surface area contributed by atoms with Crippen molar-refractivity contribution in [1.29, 1.82) is 0 Å². The Bertz CT molecular complexity index is 1410. The summed E-state index contributed by atoms with van der Waals surface area (Å²) in [7, 11) is -11.3. The summed E-state index contributed by atoms with van der Waals surface area (Å²) in [6, 6.07) is -0.126. The third-order valence-corrected chi connectivity index (χ3v) is 6.03. The van der Waals surface area contributed by atoms with Gasteiger partial charge in [0.15, 0.2) is 0 Å². The number of benzene rings is 2. The zero-order chi connectivity index (χ0) is 24.5. The molecule has 0 fully saturated rings. The highest BCUT2D eigenvalue weighted by Crippen LogP contribution is 2.47. The molecule has 2 aromatic rings. The standard InChI is InChI=1S/C14H6N2O14S2/c17-11-5(31(25,26)27)1-3(15(21)22)7-9(11)14(20)8-4(16(23)24)2-6(32(28,29)30)12(18)10(8)13(7)19/h1-2,17-18H,(H,25,26,27)(H,28,29,30)/p-2. The van der Waals surface area contributed by atoms with E-state index in [4.69, 9.17) is 0 Å². The quantitative estimate of drug-likeness (QED) is 0.266. The van der Waals surface area contributed by atoms with Gasteiger partial charge in [0.2, 0.25) is 11.6 Å². The number of nitrogens with zero attached hydrogens (tertiary/aromatic N) is 2. The molecule has 16 nitrogen and oxygen atoms in total. The Morgan fingerprint density at radius 1 is 0.656 bits per heavy atom. The second-order valence-corrected chi connectivity index (χ2v) is 8.76. The van der Waals surface area contributed by atoms with Crippen molar-refractivity contribution in [3.63, 3.8) is 0 Å². The number of carbonyl (C=O) groups excluding carboxylic acids is 2. The van der Waals surface area contributed by atoms with Gasteiger partial charge >= 0.3 is 0 Å². The van der Waals surface area contributed by atoms with Gasteiger partial charge in [0, 0.05) is 12.1 Å². The first kappa shape index (κ1) is 22.7. The van der Waals surface area contributed by atoms with Gasteiger partial charge in [0.25, 0.3) is 11.4 Å². The van der Waals surface area contributed by atoms with Crippen LogP contribution >= 0.6 is 0 Å². The molecule has 0 aromatic heterocycles. The van der Waals surface area contributed by atoms with E-state index in [1.54, 1.807) is 0 Å². The van der Waals surface area contributed by atoms with E-state index in [-0.39, 0.29) is 12.1 Å². The van der Waals surface area contributed by atoms with Crippen LogP contribution in [0.4, 0.5) is 11.4 Å². The summed E-state index contributed by atoms with van der Waals surface area (Å²) < 4.78 is 68.1. The summed E-state index contributed by atoms with van der Waals surface area (Å²) in [6.07, 6.45) is 0. The van der Waals surface area contributed by atoms with Gasteiger partial charge in [-0.1, -0.05) is 0 Å². The molecule has 0 saturated carbocycles. The topological polar surface area (TPSA) is 275 Å². The van der Waals surface area contributed by atoms with Gasteiger partial charge in [-0.05, 0) is 0 Å². The summed E-state index contributed by atoms with van der Waals surface area (Å²) in [5, 5.41) is 43.0. The Morgan fingerprint density at radius 2 is 0.938 bits per heavy atom. The van der Waals surface area contributed by atoms with Crippen molar-refractivity contribution in [2.45, 2.75) is 9.79 Å². The Hall–Kier alpha value is -4.00. The number of carbonyl (C=O) groups is 2. The van der Waals surface area contributed by atoms with E-state index in [9.17, 15) is 66.0 Å². The summed E-state index contributed by atoms with van der Waals surface area (Å²) >= 11 is 0. The molecule has 0 heterocycles. The molecule has 2 N–H and O–H groups in total. The smallest absolute Gasteiger partial charge is 0.282 e. The molecule has 0 atom stereocenters. The molecule has 0 saturated heterocycles. The number of hydrogen-bond acceptors (Lipinski definition) is 14. The molecule has 0 radical (unpaired) electrons. The molecule has 1 aliphatic rings. The van der Waals surface area contributed by atoms with Crippen molar-refractivity contribution in [2.75, 3.05) is 0 Å². The fourth-order valence-corrected chi connectivity index (χ4v) is 4.28. The molecule has 0 amide bonds. The Kier molecular flexibility index (Phi) is 4.78. The van der Waals surface area contributed by atoms with Crippen LogP contribution in [-0.4, -0.2) is 57.6 Å². The van der Waals surface area contributed by atoms with E-state index in [1.165, 1.54) is 0 Å². The fourth-order valence-electron chi connectivity index (χ4n) is 3.09. The number of ketones is 2. The molecule has 168 valence electrons. The lowest BCUT2D eigenvalue weighted by molar-refractivity contribution is -0.385. The van der Waals surface area contributed by atoms with Crippen LogP contribution in [-0.2, 0) is 20.2 Å². The number of nitro benzene ring substituents is 2. The molecule has 32 heavy (non-hydrogen) atoms. The maximum atomic E-state index is 12.9. The Morgan fingerprint density at radius 3 is 1.16 bits per heavy atom. The molecular weight excluding hydrogens is 484 g/mol. The molecule has 18 heteroatoms. The van der Waals surface area contributed by atoms with Crippen molar-refractivity contribution in [3.8, 4) is 11.5 Å². The highest BCUT2D eigenvalue weighted by atomic mass is 32.2. The molecule has 0 spiro atoms. The van der Waals surface area contributed by atoms with Crippen LogP contribution in [0.25, 0.3) is 0 Å². The number of phenolic OH excluding ortho intramolecular Hbond substituents is 2. The van der Waals surface area contributed by atoms with E-state index in [0.29, 0.717) is 0 Å². The van der Waals surface area contributed by atoms with E-state index >= 15 is 0 Å². The maximum absolute atomic E-state index is 12.9. The lowest BCUT2D eigenvalue weighted by Gasteiger charge is -2.22. The highest BCUT2D eigenvalue weighted by molar-refractivity contribution is 7.86. The molecule has 2 aromatic carbocycles. The van der Waals surface area contributed by atoms with Gasteiger partial charge in [-0.3, -0.25) is 29.8 Å². The average Bonchev–Trinajstić information content (AvgIpc) is 2.62. The first-order valence-corrected chi connectivity index (χ1v) is 10.4. The summed E-state index contributed by atoms with van der Waals surface area (Å²) in [5.41, 5.74) is -8.83. The van der Waals surface area contributed by atoms with Gasteiger partial charge in [0.1, 0.15) is 52.7 Å². The minimum absolute atomic E-state index is 0.0632. The maximum Gasteiger partial charge on any atom is 0.282 e. The van der Waals surface area contributed by atoms with Crippen molar-refractivity contribution >= 4 is 43.2 Å². The first-order valence-electron chi connectivity index (χ1n) is 7.60. The van der Waals surface area contributed by atoms with E-state index in [0.717, 1.165) is 0 Å². The summed E-state index contributed by atoms with van der Waals surface area (Å²) in [4.78, 5) is 42.2. The highest BCUT2D eigenvalue weighted by Gasteiger charge is 2.46. The van der Waals surface area contributed by atoms with Crippen LogP contribution < -0.4 is 0 Å². The predicted octanol–water partition coefficient (Wildman–Crippen LogP) is -0.502. The van der Waals surface area contributed by atoms with Crippen LogP contribution in [0.5, 0.6) is 11.5 Å². The van der Waals surface area contributed by atoms with Gasteiger partial charge in [0.05, 0.1) is 21.0 Å². The van der Waals surface area contributed by atoms with Crippen LogP contribution in [0, 0.1) is 20.2 Å². The normalized spacial score (nSPS) is 13.4. The second kappa shape index (κ2) is 6.75. The Labute approximate surface area is 175 Å². The van der Waals surface area contributed by atoms with E-state index in [2.05, 4.69) is 0 Å². The number of nitro groups is 2. The average molecular weight is 488 g/mol. The number of aromatic hydroxyl groups is 2. The van der Waals surface area contributed by atoms with E-state index < -0.39 is 96.6 Å². The number of rotatable bonds is 4. The number of fused-ring (bicyclic) bond motifs is 2. The fraction of sp³-hybridized carbons (Fsp3) is 0. The monoisotopic (exact) mass is 488 g/mol. The molecule has 0 bridgehead atoms. The zero-order valence-electron chi connectivity index (χ0n) is 14.7. The number of hydrogen-bond donors (Lipinski definition) is 2. The number of phenols is 2. The molecule has 0 aliphatic heterocycles. The van der Waals surface area contributed by atoms with Crippen LogP contribution in [0.1, 0.15) is 31.8 Å². The van der Waals surface area contributed by atoms with Crippen molar-refractivity contribution in [1.82, 2.24) is 0 Å². The lowest BCUT2D eigenvalue weighted by atomic mass is 9.81. The summed E-state index contributed by atoms with van der Waals surface area (Å²) in [5.74, 6) is -7.15. The Balaban J connectivity index is 2.62. The van der Waals surface area contributed by atoms with Gasteiger partial charge < -0.3 is 19.3 Å². The van der Waals surface area contributed by atoms with E-state index in [1.807, 2.05) is 0 Å². The lowest BCUT2D eigenvalue weighted by Crippen LogP contribution is -2.25. The minimum Gasteiger partial charge on any atom is -0.744 e. The van der Waals surface area contributed by atoms with Gasteiger partial charge in [-0.2, -0.15) is 0 Å². The van der Waals surface area contributed by atoms with Crippen LogP contribution in [0.2, 0.25) is 0 Å². The zero-order valence-corrected chi connectivity index (χ0v) is 16.3. The van der Waals surface area contributed by atoms with Gasteiger partial charge in [-0.15, -0.1) is 0 Å². The minimum atomic E-state index is -5.67.